The molecule has 0 spiro atoms. The summed E-state index contributed by atoms with van der Waals surface area (Å²) in [7, 11) is -3.07. The maximum absolute atomic E-state index is 13.2. The Hall–Kier alpha value is -0.940. The van der Waals surface area contributed by atoms with Crippen LogP contribution >= 0.6 is 0 Å². The van der Waals surface area contributed by atoms with Gasteiger partial charge in [-0.25, -0.2) is 12.8 Å². The third kappa shape index (κ3) is 4.27. The lowest BCUT2D eigenvalue weighted by Crippen LogP contribution is -2.42. The fraction of sp³-hybridized carbons (Fsp3) is 0.625. The van der Waals surface area contributed by atoms with E-state index in [9.17, 15) is 17.9 Å². The molecule has 3 unspecified atom stereocenters. The van der Waals surface area contributed by atoms with Crippen molar-refractivity contribution in [2.75, 3.05) is 6.26 Å². The van der Waals surface area contributed by atoms with Crippen molar-refractivity contribution in [2.45, 2.75) is 49.9 Å². The number of hydrogen-bond acceptors (Lipinski definition) is 3. The largest absolute Gasteiger partial charge is 0.390 e. The van der Waals surface area contributed by atoms with Gasteiger partial charge in [-0.1, -0.05) is 18.6 Å². The molecular formula is C16H23FO3S. The van der Waals surface area contributed by atoms with Crippen LogP contribution in [-0.2, 0) is 16.3 Å². The van der Waals surface area contributed by atoms with Crippen LogP contribution in [0.4, 0.5) is 4.39 Å². The molecule has 1 aliphatic rings. The van der Waals surface area contributed by atoms with E-state index in [-0.39, 0.29) is 17.0 Å². The predicted molar refractivity (Wildman–Crippen MR) is 81.3 cm³/mol. The van der Waals surface area contributed by atoms with Gasteiger partial charge in [0.25, 0.3) is 0 Å². The molecule has 1 fully saturated rings. The van der Waals surface area contributed by atoms with E-state index in [1.165, 1.54) is 18.4 Å². The van der Waals surface area contributed by atoms with E-state index >= 15 is 0 Å². The average molecular weight is 314 g/mol. The van der Waals surface area contributed by atoms with Crippen LogP contribution < -0.4 is 0 Å². The summed E-state index contributed by atoms with van der Waals surface area (Å²) in [5, 5.41) is 10.4. The summed E-state index contributed by atoms with van der Waals surface area (Å²) >= 11 is 0. The molecule has 2 rings (SSSR count). The first-order valence-corrected chi connectivity index (χ1v) is 9.29. The molecular weight excluding hydrogens is 291 g/mol. The molecule has 0 amide bonds. The fourth-order valence-electron chi connectivity index (χ4n) is 3.30. The zero-order chi connectivity index (χ0) is 15.7. The highest BCUT2D eigenvalue weighted by molar-refractivity contribution is 7.91. The summed E-state index contributed by atoms with van der Waals surface area (Å²) in [4.78, 5) is 0. The Balaban J connectivity index is 2.11. The molecule has 0 saturated heterocycles. The second-order valence-corrected chi connectivity index (χ2v) is 8.80. The normalized spacial score (nSPS) is 26.3. The molecule has 3 nitrogen and oxygen atoms in total. The van der Waals surface area contributed by atoms with E-state index < -0.39 is 15.4 Å². The Morgan fingerprint density at radius 1 is 1.38 bits per heavy atom. The first kappa shape index (κ1) is 16.4. The molecule has 5 heteroatoms. The van der Waals surface area contributed by atoms with Crippen molar-refractivity contribution >= 4 is 9.84 Å². The zero-order valence-electron chi connectivity index (χ0n) is 12.5. The van der Waals surface area contributed by atoms with Gasteiger partial charge >= 0.3 is 0 Å². The molecule has 1 aliphatic carbocycles. The van der Waals surface area contributed by atoms with Crippen LogP contribution in [0.3, 0.4) is 0 Å². The topological polar surface area (TPSA) is 54.4 Å². The van der Waals surface area contributed by atoms with E-state index in [4.69, 9.17) is 0 Å². The lowest BCUT2D eigenvalue weighted by atomic mass is 9.75. The van der Waals surface area contributed by atoms with Gasteiger partial charge in [0, 0.05) is 12.7 Å². The highest BCUT2D eigenvalue weighted by Crippen LogP contribution is 2.37. The summed E-state index contributed by atoms with van der Waals surface area (Å²) in [5.41, 5.74) is -0.279. The van der Waals surface area contributed by atoms with Gasteiger partial charge in [-0.2, -0.15) is 0 Å². The van der Waals surface area contributed by atoms with Crippen LogP contribution in [0.25, 0.3) is 0 Å². The summed E-state index contributed by atoms with van der Waals surface area (Å²) in [5.74, 6) is -0.393. The molecule has 0 aromatic heterocycles. The van der Waals surface area contributed by atoms with Gasteiger partial charge in [0.15, 0.2) is 0 Å². The van der Waals surface area contributed by atoms with Crippen LogP contribution in [0.1, 0.15) is 38.2 Å². The molecule has 118 valence electrons. The first-order valence-electron chi connectivity index (χ1n) is 7.34. The lowest BCUT2D eigenvalue weighted by Gasteiger charge is -2.38. The predicted octanol–water partition coefficient (Wildman–Crippen LogP) is 2.72. The van der Waals surface area contributed by atoms with Crippen molar-refractivity contribution in [1.82, 2.24) is 0 Å². The quantitative estimate of drug-likeness (QED) is 0.929. The van der Waals surface area contributed by atoms with Gasteiger partial charge in [0.05, 0.1) is 10.9 Å². The second-order valence-electron chi connectivity index (χ2n) is 6.48. The minimum absolute atomic E-state index is 0.0748. The summed E-state index contributed by atoms with van der Waals surface area (Å²) in [6.45, 7) is 1.73. The third-order valence-electron chi connectivity index (χ3n) is 4.56. The highest BCUT2D eigenvalue weighted by Gasteiger charge is 2.38. The van der Waals surface area contributed by atoms with Gasteiger partial charge in [0.2, 0.25) is 0 Å². The monoisotopic (exact) mass is 314 g/mol. The summed E-state index contributed by atoms with van der Waals surface area (Å²) < 4.78 is 36.7. The van der Waals surface area contributed by atoms with Crippen LogP contribution in [0.5, 0.6) is 0 Å². The molecule has 0 aliphatic heterocycles. The molecule has 21 heavy (non-hydrogen) atoms. The van der Waals surface area contributed by atoms with Crippen LogP contribution in [0.2, 0.25) is 0 Å². The zero-order valence-corrected chi connectivity index (χ0v) is 13.4. The average Bonchev–Trinajstić information content (AvgIpc) is 2.37. The van der Waals surface area contributed by atoms with E-state index in [0.29, 0.717) is 19.3 Å². The summed E-state index contributed by atoms with van der Waals surface area (Å²) in [6, 6.07) is 6.21. The molecule has 0 bridgehead atoms. The van der Waals surface area contributed by atoms with Crippen LogP contribution in [-0.4, -0.2) is 30.6 Å². The SMILES string of the molecule is CC(O)(Cc1cccc(F)c1)C1CCCC(S(C)(=O)=O)C1. The van der Waals surface area contributed by atoms with Crippen LogP contribution in [0.15, 0.2) is 24.3 Å². The molecule has 1 N–H and O–H groups in total. The fourth-order valence-corrected chi connectivity index (χ4v) is 4.48. The van der Waals surface area contributed by atoms with E-state index in [1.807, 2.05) is 0 Å². The van der Waals surface area contributed by atoms with E-state index in [1.54, 1.807) is 19.1 Å². The van der Waals surface area contributed by atoms with Crippen LogP contribution in [0, 0.1) is 11.7 Å². The third-order valence-corrected chi connectivity index (χ3v) is 6.20. The highest BCUT2D eigenvalue weighted by atomic mass is 32.2. The maximum atomic E-state index is 13.2. The Morgan fingerprint density at radius 3 is 2.71 bits per heavy atom. The Bertz CT molecular complexity index is 595. The Labute approximate surface area is 126 Å². The number of rotatable bonds is 4. The molecule has 1 aromatic carbocycles. The van der Waals surface area contributed by atoms with Crippen molar-refractivity contribution < 1.29 is 17.9 Å². The number of halogens is 1. The minimum atomic E-state index is -3.07. The lowest BCUT2D eigenvalue weighted by molar-refractivity contribution is -0.0153. The number of aliphatic hydroxyl groups is 1. The maximum Gasteiger partial charge on any atom is 0.150 e. The molecule has 1 saturated carbocycles. The van der Waals surface area contributed by atoms with Gasteiger partial charge in [0.1, 0.15) is 15.7 Å². The Morgan fingerprint density at radius 2 is 2.10 bits per heavy atom. The number of sulfone groups is 1. The molecule has 0 heterocycles. The van der Waals surface area contributed by atoms with Gasteiger partial charge in [-0.05, 0) is 49.8 Å². The minimum Gasteiger partial charge on any atom is -0.390 e. The van der Waals surface area contributed by atoms with Gasteiger partial charge in [-0.15, -0.1) is 0 Å². The van der Waals surface area contributed by atoms with Crippen molar-refractivity contribution in [3.05, 3.63) is 35.6 Å². The van der Waals surface area contributed by atoms with Gasteiger partial charge in [-0.3, -0.25) is 0 Å². The van der Waals surface area contributed by atoms with Crippen molar-refractivity contribution in [3.63, 3.8) is 0 Å². The molecule has 1 aromatic rings. The second kappa shape index (κ2) is 6.05. The standard InChI is InChI=1S/C16H23FO3S/c1-16(18,11-12-5-3-7-14(17)9-12)13-6-4-8-15(10-13)21(2,19)20/h3,5,7,9,13,15,18H,4,6,8,10-11H2,1-2H3. The smallest absolute Gasteiger partial charge is 0.150 e. The first-order chi connectivity index (χ1) is 9.68. The number of hydrogen-bond donors (Lipinski definition) is 1. The van der Waals surface area contributed by atoms with Crippen molar-refractivity contribution in [1.29, 1.82) is 0 Å². The van der Waals surface area contributed by atoms with Crippen molar-refractivity contribution in [3.8, 4) is 0 Å². The molecule has 0 radical (unpaired) electrons. The molecule has 3 atom stereocenters. The van der Waals surface area contributed by atoms with E-state index in [0.717, 1.165) is 18.4 Å². The number of benzene rings is 1. The van der Waals surface area contributed by atoms with E-state index in [2.05, 4.69) is 0 Å². The summed E-state index contributed by atoms with van der Waals surface area (Å²) in [6.07, 6.45) is 4.38. The van der Waals surface area contributed by atoms with Crippen molar-refractivity contribution in [2.24, 2.45) is 5.92 Å². The Kier molecular flexibility index (Phi) is 4.73. The van der Waals surface area contributed by atoms with Gasteiger partial charge < -0.3 is 5.11 Å².